The highest BCUT2D eigenvalue weighted by Crippen LogP contribution is 1.97. The van der Waals surface area contributed by atoms with E-state index in [9.17, 15) is 0 Å². The molecule has 0 bridgehead atoms. The van der Waals surface area contributed by atoms with Crippen molar-refractivity contribution >= 4 is 0 Å². The van der Waals surface area contributed by atoms with Gasteiger partial charge in [0.25, 0.3) is 0 Å². The lowest BCUT2D eigenvalue weighted by Gasteiger charge is -1.94. The lowest BCUT2D eigenvalue weighted by molar-refractivity contribution is 0.124. The molecule has 2 aromatic rings. The first-order valence-electron chi connectivity index (χ1n) is 5.76. The van der Waals surface area contributed by atoms with E-state index in [1.807, 2.05) is 36.4 Å². The van der Waals surface area contributed by atoms with Gasteiger partial charge >= 0.3 is 0 Å². The van der Waals surface area contributed by atoms with Gasteiger partial charge in [0.1, 0.15) is 0 Å². The summed E-state index contributed by atoms with van der Waals surface area (Å²) in [6.07, 6.45) is 1.14. The molecule has 17 heavy (non-hydrogen) atoms. The van der Waals surface area contributed by atoms with Crippen LogP contribution in [0.2, 0.25) is 0 Å². The summed E-state index contributed by atoms with van der Waals surface area (Å²) in [5.74, 6) is 4.86. The van der Waals surface area contributed by atoms with Gasteiger partial charge < -0.3 is 0 Å². The molecular weight excluding hydrogens is 210 g/mol. The smallest absolute Gasteiger partial charge is 0.0930 e. The molecule has 0 aliphatic carbocycles. The average Bonchev–Trinajstić information content (AvgIpc) is 2.42. The largest absolute Gasteiger partial charge is 0.300 e. The van der Waals surface area contributed by atoms with Crippen molar-refractivity contribution in [3.8, 4) is 0 Å². The molecule has 2 aromatic carbocycles. The second kappa shape index (κ2) is 8.50. The van der Waals surface area contributed by atoms with Crippen LogP contribution in [0.1, 0.15) is 18.1 Å². The minimum absolute atomic E-state index is 0.487. The van der Waals surface area contributed by atoms with Gasteiger partial charge in [-0.15, -0.1) is 0 Å². The van der Waals surface area contributed by atoms with Crippen LogP contribution in [0.4, 0.5) is 0 Å². The predicted molar refractivity (Wildman–Crippen MR) is 71.2 cm³/mol. The molecule has 0 saturated heterocycles. The summed E-state index contributed by atoms with van der Waals surface area (Å²) in [6.45, 7) is 2.65. The monoisotopic (exact) mass is 229 g/mol. The van der Waals surface area contributed by atoms with Crippen molar-refractivity contribution in [2.75, 3.05) is 0 Å². The lowest BCUT2D eigenvalue weighted by atomic mass is 10.2. The van der Waals surface area contributed by atoms with Crippen molar-refractivity contribution < 1.29 is 4.84 Å². The van der Waals surface area contributed by atoms with Gasteiger partial charge in [0.05, 0.1) is 6.61 Å². The summed E-state index contributed by atoms with van der Waals surface area (Å²) < 4.78 is 0. The number of nitrogens with two attached hydrogens (primary N) is 1. The molecule has 0 amide bonds. The van der Waals surface area contributed by atoms with Gasteiger partial charge in [-0.1, -0.05) is 67.6 Å². The van der Waals surface area contributed by atoms with E-state index in [-0.39, 0.29) is 0 Å². The zero-order chi connectivity index (χ0) is 12.3. The van der Waals surface area contributed by atoms with Crippen molar-refractivity contribution in [2.45, 2.75) is 20.0 Å². The summed E-state index contributed by atoms with van der Waals surface area (Å²) in [6, 6.07) is 20.2. The van der Waals surface area contributed by atoms with Crippen LogP contribution in [0, 0.1) is 0 Å². The third kappa shape index (κ3) is 5.85. The van der Waals surface area contributed by atoms with Gasteiger partial charge in [-0.05, 0) is 17.5 Å². The van der Waals surface area contributed by atoms with Crippen LogP contribution in [0.5, 0.6) is 0 Å². The van der Waals surface area contributed by atoms with Crippen LogP contribution >= 0.6 is 0 Å². The molecule has 0 aromatic heterocycles. The number of benzene rings is 2. The Kier molecular flexibility index (Phi) is 6.72. The summed E-state index contributed by atoms with van der Waals surface area (Å²) in [5, 5.41) is 0. The Labute approximate surface area is 103 Å². The van der Waals surface area contributed by atoms with Gasteiger partial charge in [0.2, 0.25) is 0 Å². The molecule has 0 fully saturated rings. The molecule has 2 N–H and O–H groups in total. The summed E-state index contributed by atoms with van der Waals surface area (Å²) >= 11 is 0. The second-order valence-electron chi connectivity index (χ2n) is 3.64. The summed E-state index contributed by atoms with van der Waals surface area (Å²) in [4.78, 5) is 4.43. The fourth-order valence-electron chi connectivity index (χ4n) is 1.38. The van der Waals surface area contributed by atoms with Gasteiger partial charge in [0.15, 0.2) is 0 Å². The molecule has 0 unspecified atom stereocenters. The molecule has 2 heteroatoms. The van der Waals surface area contributed by atoms with Crippen LogP contribution in [-0.4, -0.2) is 0 Å². The van der Waals surface area contributed by atoms with E-state index in [2.05, 4.69) is 36.0 Å². The van der Waals surface area contributed by atoms with Crippen LogP contribution in [0.3, 0.4) is 0 Å². The van der Waals surface area contributed by atoms with E-state index in [1.54, 1.807) is 0 Å². The Bertz CT molecular complexity index is 386. The normalized spacial score (nSPS) is 9.29. The predicted octanol–water partition coefficient (Wildman–Crippen LogP) is 3.33. The molecule has 0 heterocycles. The number of rotatable bonds is 3. The second-order valence-corrected chi connectivity index (χ2v) is 3.64. The topological polar surface area (TPSA) is 35.2 Å². The maximum atomic E-state index is 4.86. The number of aryl methyl sites for hydroxylation is 1. The highest BCUT2D eigenvalue weighted by molar-refractivity contribution is 5.14. The minimum atomic E-state index is 0.487. The van der Waals surface area contributed by atoms with Crippen LogP contribution in [0.15, 0.2) is 60.7 Å². The quantitative estimate of drug-likeness (QED) is 0.819. The Hall–Kier alpha value is -1.64. The minimum Gasteiger partial charge on any atom is -0.300 e. The third-order valence-corrected chi connectivity index (χ3v) is 2.34. The molecular formula is C15H19NO. The number of hydrogen-bond donors (Lipinski definition) is 1. The Morgan fingerprint density at radius 1 is 0.824 bits per heavy atom. The van der Waals surface area contributed by atoms with Crippen LogP contribution in [0.25, 0.3) is 0 Å². The van der Waals surface area contributed by atoms with Crippen LogP contribution in [-0.2, 0) is 17.9 Å². The molecule has 0 aliphatic rings. The van der Waals surface area contributed by atoms with Crippen molar-refractivity contribution in [2.24, 2.45) is 5.90 Å². The standard InChI is InChI=1S/C8H10.C7H9NO/c1-2-8-6-4-3-5-7-8;8-9-6-7-4-2-1-3-5-7/h3-7H,2H2,1H3;1-5H,6,8H2. The summed E-state index contributed by atoms with van der Waals surface area (Å²) in [5.41, 5.74) is 2.51. The Morgan fingerprint density at radius 3 is 1.65 bits per heavy atom. The SMILES string of the molecule is CCc1ccccc1.NOCc1ccccc1. The fraction of sp³-hybridized carbons (Fsp3) is 0.200. The highest BCUT2D eigenvalue weighted by Gasteiger charge is 1.85. The van der Waals surface area contributed by atoms with E-state index in [4.69, 9.17) is 5.90 Å². The van der Waals surface area contributed by atoms with Gasteiger partial charge in [-0.25, -0.2) is 5.90 Å². The Balaban J connectivity index is 0.000000171. The van der Waals surface area contributed by atoms with E-state index in [1.165, 1.54) is 5.56 Å². The van der Waals surface area contributed by atoms with Crippen molar-refractivity contribution in [3.63, 3.8) is 0 Å². The van der Waals surface area contributed by atoms with Gasteiger partial charge in [-0.3, -0.25) is 4.84 Å². The van der Waals surface area contributed by atoms with E-state index >= 15 is 0 Å². The fourth-order valence-corrected chi connectivity index (χ4v) is 1.38. The van der Waals surface area contributed by atoms with Crippen molar-refractivity contribution in [1.82, 2.24) is 0 Å². The molecule has 0 spiro atoms. The maximum absolute atomic E-state index is 4.86. The van der Waals surface area contributed by atoms with Crippen molar-refractivity contribution in [3.05, 3.63) is 71.8 Å². The molecule has 0 atom stereocenters. The first-order chi connectivity index (χ1) is 8.36. The van der Waals surface area contributed by atoms with E-state index in [0.29, 0.717) is 6.61 Å². The van der Waals surface area contributed by atoms with Gasteiger partial charge in [0, 0.05) is 0 Å². The number of hydrogen-bond acceptors (Lipinski definition) is 2. The Morgan fingerprint density at radius 2 is 1.29 bits per heavy atom. The molecule has 0 radical (unpaired) electrons. The van der Waals surface area contributed by atoms with E-state index in [0.717, 1.165) is 12.0 Å². The average molecular weight is 229 g/mol. The molecule has 90 valence electrons. The maximum Gasteiger partial charge on any atom is 0.0930 e. The van der Waals surface area contributed by atoms with E-state index < -0.39 is 0 Å². The zero-order valence-corrected chi connectivity index (χ0v) is 10.2. The lowest BCUT2D eigenvalue weighted by Crippen LogP contribution is -1.97. The van der Waals surface area contributed by atoms with Crippen LogP contribution < -0.4 is 5.90 Å². The molecule has 0 aliphatic heterocycles. The molecule has 2 nitrogen and oxygen atoms in total. The molecule has 2 rings (SSSR count). The van der Waals surface area contributed by atoms with Crippen molar-refractivity contribution in [1.29, 1.82) is 0 Å². The zero-order valence-electron chi connectivity index (χ0n) is 10.2. The first kappa shape index (κ1) is 13.4. The highest BCUT2D eigenvalue weighted by atomic mass is 16.6. The van der Waals surface area contributed by atoms with Gasteiger partial charge in [-0.2, -0.15) is 0 Å². The first-order valence-corrected chi connectivity index (χ1v) is 5.76. The summed E-state index contributed by atoms with van der Waals surface area (Å²) in [7, 11) is 0. The molecule has 0 saturated carbocycles. The third-order valence-electron chi connectivity index (χ3n) is 2.34.